The molecule has 0 saturated heterocycles. The molecule has 2 aromatic carbocycles. The summed E-state index contributed by atoms with van der Waals surface area (Å²) in [6.07, 6.45) is -0.786. The molecular weight excluding hydrogens is 372 g/mol. The predicted molar refractivity (Wildman–Crippen MR) is 110 cm³/mol. The van der Waals surface area contributed by atoms with E-state index in [9.17, 15) is 9.59 Å². The summed E-state index contributed by atoms with van der Waals surface area (Å²) >= 11 is 0. The summed E-state index contributed by atoms with van der Waals surface area (Å²) in [5.41, 5.74) is 5.84. The second-order valence-electron chi connectivity index (χ2n) is 7.51. The molecule has 0 aromatic heterocycles. The molecule has 156 valence electrons. The van der Waals surface area contributed by atoms with E-state index in [0.717, 1.165) is 0 Å². The number of para-hydroxylation sites is 2. The number of nitrogens with one attached hydrogen (secondary N) is 2. The topological polar surface area (TPSA) is 85.9 Å². The summed E-state index contributed by atoms with van der Waals surface area (Å²) in [5.74, 6) is 0.545. The van der Waals surface area contributed by atoms with Gasteiger partial charge in [-0.25, -0.2) is 0 Å². The summed E-state index contributed by atoms with van der Waals surface area (Å²) in [7, 11) is 1.51. The number of benzene rings is 2. The van der Waals surface area contributed by atoms with E-state index in [0.29, 0.717) is 17.2 Å². The van der Waals surface area contributed by atoms with Crippen molar-refractivity contribution in [3.05, 3.63) is 54.1 Å². The average Bonchev–Trinajstić information content (AvgIpc) is 2.70. The number of carbonyl (C=O) groups excluding carboxylic acids is 2. The van der Waals surface area contributed by atoms with Crippen LogP contribution in [0.1, 0.15) is 33.3 Å². The Balaban J connectivity index is 1.78. The summed E-state index contributed by atoms with van der Waals surface area (Å²) in [4.78, 5) is 24.0. The van der Waals surface area contributed by atoms with Crippen LogP contribution in [-0.4, -0.2) is 31.6 Å². The Bertz CT molecular complexity index is 828. The maximum Gasteiger partial charge on any atom is 0.279 e. The van der Waals surface area contributed by atoms with Gasteiger partial charge in [-0.3, -0.25) is 20.4 Å². The standard InChI is InChI=1S/C22H28N2O5/c1-15(29-17-12-10-16(11-13-17)22(2,3)4)21(26)24-23-20(25)14-28-19-9-7-6-8-18(19)27-5/h6-13,15H,14H2,1-5H3,(H,23,25)(H,24,26). The van der Waals surface area contributed by atoms with Gasteiger partial charge >= 0.3 is 0 Å². The monoisotopic (exact) mass is 400 g/mol. The van der Waals surface area contributed by atoms with E-state index in [2.05, 4.69) is 31.6 Å². The molecule has 0 aliphatic carbocycles. The number of hydrogen-bond donors (Lipinski definition) is 2. The third-order valence-corrected chi connectivity index (χ3v) is 4.16. The summed E-state index contributed by atoms with van der Waals surface area (Å²) < 4.78 is 16.2. The van der Waals surface area contributed by atoms with Crippen LogP contribution in [0.15, 0.2) is 48.5 Å². The smallest absolute Gasteiger partial charge is 0.279 e. The lowest BCUT2D eigenvalue weighted by molar-refractivity contribution is -0.133. The highest BCUT2D eigenvalue weighted by molar-refractivity contribution is 5.85. The van der Waals surface area contributed by atoms with Crippen LogP contribution < -0.4 is 25.1 Å². The molecule has 7 heteroatoms. The fraction of sp³-hybridized carbons (Fsp3) is 0.364. The van der Waals surface area contributed by atoms with Gasteiger partial charge in [0.05, 0.1) is 7.11 Å². The number of carbonyl (C=O) groups is 2. The Morgan fingerprint density at radius 1 is 0.966 bits per heavy atom. The Hall–Kier alpha value is -3.22. The van der Waals surface area contributed by atoms with Gasteiger partial charge in [0, 0.05) is 0 Å². The van der Waals surface area contributed by atoms with Gasteiger partial charge in [-0.05, 0) is 42.2 Å². The molecule has 1 atom stereocenters. The fourth-order valence-electron chi connectivity index (χ4n) is 2.44. The van der Waals surface area contributed by atoms with E-state index in [1.807, 2.05) is 24.3 Å². The predicted octanol–water partition coefficient (Wildman–Crippen LogP) is 2.99. The van der Waals surface area contributed by atoms with Gasteiger partial charge in [-0.15, -0.1) is 0 Å². The minimum atomic E-state index is -0.786. The van der Waals surface area contributed by atoms with E-state index in [1.165, 1.54) is 12.7 Å². The minimum Gasteiger partial charge on any atom is -0.493 e. The highest BCUT2D eigenvalue weighted by Gasteiger charge is 2.17. The molecule has 7 nitrogen and oxygen atoms in total. The first-order valence-electron chi connectivity index (χ1n) is 9.32. The molecule has 0 aliphatic rings. The Labute approximate surface area is 171 Å². The van der Waals surface area contributed by atoms with Gasteiger partial charge < -0.3 is 14.2 Å². The summed E-state index contributed by atoms with van der Waals surface area (Å²) in [6, 6.07) is 14.6. The zero-order valence-corrected chi connectivity index (χ0v) is 17.4. The van der Waals surface area contributed by atoms with Crippen molar-refractivity contribution in [2.75, 3.05) is 13.7 Å². The normalized spacial score (nSPS) is 11.9. The van der Waals surface area contributed by atoms with Crippen molar-refractivity contribution in [2.45, 2.75) is 39.2 Å². The van der Waals surface area contributed by atoms with Crippen LogP contribution in [-0.2, 0) is 15.0 Å². The lowest BCUT2D eigenvalue weighted by Gasteiger charge is -2.20. The van der Waals surface area contributed by atoms with Crippen molar-refractivity contribution < 1.29 is 23.8 Å². The van der Waals surface area contributed by atoms with Gasteiger partial charge in [0.2, 0.25) is 0 Å². The Morgan fingerprint density at radius 2 is 1.59 bits per heavy atom. The molecule has 2 aromatic rings. The van der Waals surface area contributed by atoms with E-state index >= 15 is 0 Å². The molecule has 0 fully saturated rings. The van der Waals surface area contributed by atoms with E-state index in [-0.39, 0.29) is 12.0 Å². The third kappa shape index (κ3) is 6.71. The van der Waals surface area contributed by atoms with Crippen LogP contribution in [0.25, 0.3) is 0 Å². The first-order chi connectivity index (χ1) is 13.7. The zero-order chi connectivity index (χ0) is 21.4. The molecule has 2 amide bonds. The summed E-state index contributed by atoms with van der Waals surface area (Å²) in [5, 5.41) is 0. The first-order valence-corrected chi connectivity index (χ1v) is 9.32. The molecule has 29 heavy (non-hydrogen) atoms. The average molecular weight is 400 g/mol. The first kappa shape index (κ1) is 22.1. The maximum absolute atomic E-state index is 12.1. The lowest BCUT2D eigenvalue weighted by Crippen LogP contribution is -2.48. The molecule has 0 bridgehead atoms. The van der Waals surface area contributed by atoms with Crippen molar-refractivity contribution in [1.82, 2.24) is 10.9 Å². The SMILES string of the molecule is COc1ccccc1OCC(=O)NNC(=O)C(C)Oc1ccc(C(C)(C)C)cc1. The van der Waals surface area contributed by atoms with Crippen molar-refractivity contribution in [1.29, 1.82) is 0 Å². The largest absolute Gasteiger partial charge is 0.493 e. The molecule has 2 rings (SSSR count). The van der Waals surface area contributed by atoms with Gasteiger partial charge in [-0.2, -0.15) is 0 Å². The van der Waals surface area contributed by atoms with Crippen LogP contribution in [0.4, 0.5) is 0 Å². The molecule has 1 unspecified atom stereocenters. The van der Waals surface area contributed by atoms with E-state index in [1.54, 1.807) is 31.2 Å². The molecule has 0 aliphatic heterocycles. The van der Waals surface area contributed by atoms with Crippen molar-refractivity contribution in [2.24, 2.45) is 0 Å². The second-order valence-corrected chi connectivity index (χ2v) is 7.51. The number of methoxy groups -OCH3 is 1. The van der Waals surface area contributed by atoms with Gasteiger partial charge in [0.25, 0.3) is 11.8 Å². The van der Waals surface area contributed by atoms with Crippen LogP contribution >= 0.6 is 0 Å². The third-order valence-electron chi connectivity index (χ3n) is 4.16. The number of rotatable bonds is 7. The lowest BCUT2D eigenvalue weighted by atomic mass is 9.87. The number of ether oxygens (including phenoxy) is 3. The fourth-order valence-corrected chi connectivity index (χ4v) is 2.44. The Kier molecular flexibility index (Phi) is 7.47. The molecule has 0 spiro atoms. The number of hydrazine groups is 1. The van der Waals surface area contributed by atoms with Gasteiger partial charge in [0.15, 0.2) is 24.2 Å². The summed E-state index contributed by atoms with van der Waals surface area (Å²) in [6.45, 7) is 7.70. The van der Waals surface area contributed by atoms with Gasteiger partial charge in [0.1, 0.15) is 5.75 Å². The minimum absolute atomic E-state index is 0.0393. The van der Waals surface area contributed by atoms with Crippen LogP contribution in [0, 0.1) is 0 Å². The molecular formula is C22H28N2O5. The van der Waals surface area contributed by atoms with E-state index < -0.39 is 17.9 Å². The van der Waals surface area contributed by atoms with E-state index in [4.69, 9.17) is 14.2 Å². The van der Waals surface area contributed by atoms with Crippen LogP contribution in [0.3, 0.4) is 0 Å². The highest BCUT2D eigenvalue weighted by atomic mass is 16.5. The van der Waals surface area contributed by atoms with Gasteiger partial charge in [-0.1, -0.05) is 45.0 Å². The van der Waals surface area contributed by atoms with Crippen molar-refractivity contribution in [3.63, 3.8) is 0 Å². The molecule has 2 N–H and O–H groups in total. The number of hydrogen-bond acceptors (Lipinski definition) is 5. The highest BCUT2D eigenvalue weighted by Crippen LogP contribution is 2.26. The Morgan fingerprint density at radius 3 is 2.17 bits per heavy atom. The quantitative estimate of drug-likeness (QED) is 0.698. The van der Waals surface area contributed by atoms with Crippen molar-refractivity contribution >= 4 is 11.8 Å². The van der Waals surface area contributed by atoms with Crippen LogP contribution in [0.5, 0.6) is 17.2 Å². The molecule has 0 saturated carbocycles. The zero-order valence-electron chi connectivity index (χ0n) is 17.4. The molecule has 0 radical (unpaired) electrons. The van der Waals surface area contributed by atoms with Crippen LogP contribution in [0.2, 0.25) is 0 Å². The molecule has 0 heterocycles. The van der Waals surface area contributed by atoms with Crippen molar-refractivity contribution in [3.8, 4) is 17.2 Å². The maximum atomic E-state index is 12.1. The number of amides is 2. The second kappa shape index (κ2) is 9.82.